The lowest BCUT2D eigenvalue weighted by Crippen LogP contribution is -2.45. The molecule has 1 rings (SSSR count). The molecule has 1 N–H and O–H groups in total. The van der Waals surface area contributed by atoms with Gasteiger partial charge in [-0.05, 0) is 27.3 Å². The Morgan fingerprint density at radius 3 is 2.50 bits per heavy atom. The van der Waals surface area contributed by atoms with Crippen molar-refractivity contribution >= 4 is 0 Å². The first kappa shape index (κ1) is 9.50. The molecular weight excluding hydrogens is 152 g/mol. The molecule has 0 aromatic heterocycles. The number of nitrogens with zero attached hydrogens (tertiary/aromatic N) is 2. The molecule has 1 aliphatic heterocycles. The highest BCUT2D eigenvalue weighted by Gasteiger charge is 2.47. The monoisotopic (exact) mass is 168 g/mol. The van der Waals surface area contributed by atoms with Crippen molar-refractivity contribution in [2.45, 2.75) is 25.9 Å². The minimum absolute atomic E-state index is 0.605. The van der Waals surface area contributed by atoms with Crippen molar-refractivity contribution in [3.05, 3.63) is 0 Å². The van der Waals surface area contributed by atoms with E-state index in [0.717, 1.165) is 6.54 Å². The van der Waals surface area contributed by atoms with Gasteiger partial charge in [-0.1, -0.05) is 0 Å². The van der Waals surface area contributed by atoms with Gasteiger partial charge in [-0.3, -0.25) is 0 Å². The van der Waals surface area contributed by atoms with Crippen molar-refractivity contribution in [1.82, 2.24) is 4.90 Å². The number of likely N-dealkylation sites (N-methyl/N-ethyl adjacent to an activating group) is 1. The van der Waals surface area contributed by atoms with Crippen molar-refractivity contribution in [2.75, 3.05) is 20.1 Å². The van der Waals surface area contributed by atoms with Gasteiger partial charge in [0.05, 0.1) is 17.1 Å². The van der Waals surface area contributed by atoms with Crippen molar-refractivity contribution in [1.29, 1.82) is 5.26 Å². The van der Waals surface area contributed by atoms with Crippen LogP contribution < -0.4 is 0 Å². The Labute approximate surface area is 73.6 Å². The zero-order chi connectivity index (χ0) is 9.41. The number of likely N-dealkylation sites (tertiary alicyclic amines) is 1. The van der Waals surface area contributed by atoms with E-state index in [2.05, 4.69) is 11.0 Å². The molecule has 1 atom stereocenters. The van der Waals surface area contributed by atoms with E-state index < -0.39 is 11.0 Å². The molecule has 0 aromatic carbocycles. The number of hydrogen-bond acceptors (Lipinski definition) is 3. The fourth-order valence-corrected chi connectivity index (χ4v) is 1.59. The second-order valence-corrected chi connectivity index (χ2v) is 4.26. The lowest BCUT2D eigenvalue weighted by Gasteiger charge is -2.33. The number of β-amino-alcohol motifs (C(OH)–C–C–N with tert-alkyl or cyclic N) is 1. The van der Waals surface area contributed by atoms with Crippen LogP contribution in [-0.2, 0) is 0 Å². The van der Waals surface area contributed by atoms with Gasteiger partial charge in [-0.2, -0.15) is 5.26 Å². The second-order valence-electron chi connectivity index (χ2n) is 4.26. The van der Waals surface area contributed by atoms with Crippen LogP contribution in [0, 0.1) is 16.7 Å². The molecule has 0 radical (unpaired) electrons. The maximum absolute atomic E-state index is 10.1. The third-order valence-electron chi connectivity index (χ3n) is 2.88. The molecule has 3 nitrogen and oxygen atoms in total. The lowest BCUT2D eigenvalue weighted by atomic mass is 9.75. The Morgan fingerprint density at radius 2 is 2.17 bits per heavy atom. The first-order valence-corrected chi connectivity index (χ1v) is 4.23. The normalized spacial score (nSPS) is 31.9. The zero-order valence-corrected chi connectivity index (χ0v) is 7.96. The Bertz CT molecular complexity index is 219. The van der Waals surface area contributed by atoms with Crippen LogP contribution in [-0.4, -0.2) is 35.7 Å². The number of aliphatic hydroxyl groups is 1. The minimum atomic E-state index is -0.823. The van der Waals surface area contributed by atoms with Gasteiger partial charge in [0.1, 0.15) is 0 Å². The highest BCUT2D eigenvalue weighted by atomic mass is 16.3. The molecule has 1 aliphatic rings. The van der Waals surface area contributed by atoms with Crippen LogP contribution in [0.1, 0.15) is 20.3 Å². The topological polar surface area (TPSA) is 47.3 Å². The maximum atomic E-state index is 10.1. The van der Waals surface area contributed by atoms with Gasteiger partial charge >= 0.3 is 0 Å². The summed E-state index contributed by atoms with van der Waals surface area (Å²) < 4.78 is 0. The van der Waals surface area contributed by atoms with Crippen LogP contribution >= 0.6 is 0 Å². The summed E-state index contributed by atoms with van der Waals surface area (Å²) in [5.41, 5.74) is -1.46. The summed E-state index contributed by atoms with van der Waals surface area (Å²) in [4.78, 5) is 2.05. The molecule has 0 bridgehead atoms. The van der Waals surface area contributed by atoms with E-state index in [0.29, 0.717) is 13.0 Å². The van der Waals surface area contributed by atoms with Gasteiger partial charge in [-0.15, -0.1) is 0 Å². The highest BCUT2D eigenvalue weighted by Crippen LogP contribution is 2.37. The highest BCUT2D eigenvalue weighted by molar-refractivity contribution is 5.10. The molecule has 0 aliphatic carbocycles. The van der Waals surface area contributed by atoms with Crippen molar-refractivity contribution in [2.24, 2.45) is 5.41 Å². The lowest BCUT2D eigenvalue weighted by molar-refractivity contribution is -0.0268. The van der Waals surface area contributed by atoms with E-state index in [1.807, 2.05) is 7.05 Å². The molecule has 1 saturated heterocycles. The summed E-state index contributed by atoms with van der Waals surface area (Å²) in [5, 5.41) is 19.0. The third kappa shape index (κ3) is 1.33. The molecule has 0 saturated carbocycles. The Kier molecular flexibility index (Phi) is 2.15. The minimum Gasteiger partial charge on any atom is -0.387 e. The van der Waals surface area contributed by atoms with E-state index in [1.54, 1.807) is 13.8 Å². The fourth-order valence-electron chi connectivity index (χ4n) is 1.59. The average Bonchev–Trinajstić information content (AvgIpc) is 2.33. The van der Waals surface area contributed by atoms with Crippen molar-refractivity contribution < 1.29 is 5.11 Å². The Balaban J connectivity index is 2.81. The van der Waals surface area contributed by atoms with Crippen LogP contribution in [0.25, 0.3) is 0 Å². The molecule has 68 valence electrons. The summed E-state index contributed by atoms with van der Waals surface area (Å²) >= 11 is 0. The van der Waals surface area contributed by atoms with Gasteiger partial charge in [0.15, 0.2) is 0 Å². The largest absolute Gasteiger partial charge is 0.387 e. The average molecular weight is 168 g/mol. The predicted octanol–water partition coefficient (Wildman–Crippen LogP) is 0.603. The molecule has 3 heteroatoms. The number of nitriles is 1. The van der Waals surface area contributed by atoms with Gasteiger partial charge in [0, 0.05) is 13.1 Å². The van der Waals surface area contributed by atoms with Crippen LogP contribution in [0.2, 0.25) is 0 Å². The van der Waals surface area contributed by atoms with Gasteiger partial charge in [0.25, 0.3) is 0 Å². The van der Waals surface area contributed by atoms with Gasteiger partial charge in [-0.25, -0.2) is 0 Å². The standard InChI is InChI=1S/C9H16N2O/c1-8(2,6-10)9(12)4-5-11(3)7-9/h12H,4-5,7H2,1-3H3. The maximum Gasteiger partial charge on any atom is 0.0965 e. The smallest absolute Gasteiger partial charge is 0.0965 e. The summed E-state index contributed by atoms with van der Waals surface area (Å²) in [6, 6.07) is 2.17. The first-order valence-electron chi connectivity index (χ1n) is 4.23. The molecule has 12 heavy (non-hydrogen) atoms. The summed E-state index contributed by atoms with van der Waals surface area (Å²) in [5.74, 6) is 0. The fraction of sp³-hybridized carbons (Fsp3) is 0.889. The Morgan fingerprint density at radius 1 is 1.58 bits per heavy atom. The third-order valence-corrected chi connectivity index (χ3v) is 2.88. The zero-order valence-electron chi connectivity index (χ0n) is 7.96. The van der Waals surface area contributed by atoms with E-state index in [4.69, 9.17) is 5.26 Å². The predicted molar refractivity (Wildman–Crippen MR) is 46.5 cm³/mol. The molecule has 0 aromatic rings. The van der Waals surface area contributed by atoms with E-state index in [1.165, 1.54) is 0 Å². The van der Waals surface area contributed by atoms with Crippen LogP contribution in [0.15, 0.2) is 0 Å². The van der Waals surface area contributed by atoms with Crippen molar-refractivity contribution in [3.8, 4) is 6.07 Å². The summed E-state index contributed by atoms with van der Waals surface area (Å²) in [6.07, 6.45) is 0.698. The summed E-state index contributed by atoms with van der Waals surface area (Å²) in [6.45, 7) is 5.08. The molecule has 1 fully saturated rings. The molecule has 0 spiro atoms. The van der Waals surface area contributed by atoms with Gasteiger partial charge < -0.3 is 10.0 Å². The SMILES string of the molecule is CN1CCC(O)(C(C)(C)C#N)C1. The quantitative estimate of drug-likeness (QED) is 0.623. The van der Waals surface area contributed by atoms with Crippen LogP contribution in [0.5, 0.6) is 0 Å². The number of rotatable bonds is 1. The first-order chi connectivity index (χ1) is 5.41. The molecule has 0 amide bonds. The Hall–Kier alpha value is -0.590. The van der Waals surface area contributed by atoms with E-state index in [-0.39, 0.29) is 0 Å². The molecular formula is C9H16N2O. The van der Waals surface area contributed by atoms with E-state index >= 15 is 0 Å². The molecule has 1 heterocycles. The van der Waals surface area contributed by atoms with E-state index in [9.17, 15) is 5.11 Å². The second kappa shape index (κ2) is 2.72. The number of hydrogen-bond donors (Lipinski definition) is 1. The summed E-state index contributed by atoms with van der Waals surface area (Å²) in [7, 11) is 1.96. The van der Waals surface area contributed by atoms with Gasteiger partial charge in [0.2, 0.25) is 0 Å². The van der Waals surface area contributed by atoms with Crippen LogP contribution in [0.4, 0.5) is 0 Å². The molecule has 1 unspecified atom stereocenters. The van der Waals surface area contributed by atoms with Crippen LogP contribution in [0.3, 0.4) is 0 Å². The van der Waals surface area contributed by atoms with Crippen molar-refractivity contribution in [3.63, 3.8) is 0 Å².